The molecule has 2 heterocycles. The van der Waals surface area contributed by atoms with Gasteiger partial charge in [-0.3, -0.25) is 0 Å². The fourth-order valence-corrected chi connectivity index (χ4v) is 6.16. The lowest BCUT2D eigenvalue weighted by molar-refractivity contribution is 0.0725. The zero-order valence-electron chi connectivity index (χ0n) is 25.0. The van der Waals surface area contributed by atoms with E-state index in [2.05, 4.69) is 0 Å². The molecule has 0 saturated heterocycles. The molecule has 0 aliphatic rings. The zero-order valence-corrected chi connectivity index (χ0v) is 26.5. The van der Waals surface area contributed by atoms with Crippen LogP contribution in [-0.2, 0) is 0 Å². The van der Waals surface area contributed by atoms with Gasteiger partial charge in [-0.15, -0.1) is 0 Å². The molecule has 8 rings (SSSR count). The lowest BCUT2D eigenvalue weighted by atomic mass is 9.90. The number of esters is 2. The largest absolute Gasteiger partial charge is 0.423 e. The van der Waals surface area contributed by atoms with E-state index in [9.17, 15) is 9.59 Å². The van der Waals surface area contributed by atoms with Crippen molar-refractivity contribution in [3.63, 3.8) is 0 Å². The monoisotopic (exact) mass is 664 g/mol. The number of aromatic nitrogens is 2. The maximum atomic E-state index is 13.1. The Hall–Kier alpha value is -5.82. The Balaban J connectivity index is 1.35. The molecule has 48 heavy (non-hydrogen) atoms. The average molecular weight is 666 g/mol. The van der Waals surface area contributed by atoms with E-state index in [4.69, 9.17) is 42.6 Å². The van der Waals surface area contributed by atoms with E-state index in [1.165, 1.54) is 0 Å². The molecule has 0 spiro atoms. The van der Waals surface area contributed by atoms with E-state index in [-0.39, 0.29) is 0 Å². The van der Waals surface area contributed by atoms with Gasteiger partial charge in [0, 0.05) is 42.7 Å². The van der Waals surface area contributed by atoms with Crippen molar-refractivity contribution >= 4 is 78.8 Å². The SMILES string of the molecule is O=C(Oc1ccc2nc3ccccc3c(-c3c4ccccc4nc4ccc(OC(=O)c5ccc(Cl)cc5)cc34)c2c1)c1ccc(Cl)cc1. The van der Waals surface area contributed by atoms with Crippen LogP contribution in [0.25, 0.3) is 54.7 Å². The highest BCUT2D eigenvalue weighted by Crippen LogP contribution is 2.43. The Morgan fingerprint density at radius 3 is 1.23 bits per heavy atom. The van der Waals surface area contributed by atoms with Crippen LogP contribution in [0.4, 0.5) is 0 Å². The molecule has 8 aromatic rings. The first-order valence-electron chi connectivity index (χ1n) is 15.0. The number of rotatable bonds is 5. The number of halogens is 2. The third-order valence-corrected chi connectivity index (χ3v) is 8.64. The van der Waals surface area contributed by atoms with E-state index < -0.39 is 11.9 Å². The number of fused-ring (bicyclic) bond motifs is 4. The fraction of sp³-hybridized carbons (Fsp3) is 0. The van der Waals surface area contributed by atoms with Crippen molar-refractivity contribution in [2.45, 2.75) is 0 Å². The van der Waals surface area contributed by atoms with Crippen molar-refractivity contribution in [3.05, 3.63) is 155 Å². The van der Waals surface area contributed by atoms with Gasteiger partial charge in [0.25, 0.3) is 0 Å². The van der Waals surface area contributed by atoms with Crippen molar-refractivity contribution in [3.8, 4) is 22.6 Å². The van der Waals surface area contributed by atoms with Crippen LogP contribution in [0.3, 0.4) is 0 Å². The van der Waals surface area contributed by atoms with Crippen molar-refractivity contribution in [2.75, 3.05) is 0 Å². The minimum Gasteiger partial charge on any atom is -0.423 e. The van der Waals surface area contributed by atoms with Crippen LogP contribution in [-0.4, -0.2) is 21.9 Å². The van der Waals surface area contributed by atoms with E-state index in [0.29, 0.717) is 43.7 Å². The third-order valence-electron chi connectivity index (χ3n) is 8.13. The Bertz CT molecular complexity index is 2390. The first-order chi connectivity index (χ1) is 23.4. The van der Waals surface area contributed by atoms with Crippen molar-refractivity contribution in [2.24, 2.45) is 0 Å². The van der Waals surface area contributed by atoms with E-state index >= 15 is 0 Å². The number of hydrogen-bond donors (Lipinski definition) is 0. The molecule has 6 aromatic carbocycles. The zero-order chi connectivity index (χ0) is 32.8. The predicted molar refractivity (Wildman–Crippen MR) is 190 cm³/mol. The molecule has 230 valence electrons. The van der Waals surface area contributed by atoms with Crippen LogP contribution in [0.2, 0.25) is 10.0 Å². The smallest absolute Gasteiger partial charge is 0.343 e. The van der Waals surface area contributed by atoms with Crippen molar-refractivity contribution < 1.29 is 19.1 Å². The number of carbonyl (C=O) groups is 2. The molecule has 0 aliphatic carbocycles. The number of carbonyl (C=O) groups excluding carboxylic acids is 2. The Morgan fingerprint density at radius 1 is 0.438 bits per heavy atom. The molecule has 6 nitrogen and oxygen atoms in total. The highest BCUT2D eigenvalue weighted by Gasteiger charge is 2.20. The van der Waals surface area contributed by atoms with Crippen LogP contribution in [0.15, 0.2) is 133 Å². The van der Waals surface area contributed by atoms with Gasteiger partial charge in [0.2, 0.25) is 0 Å². The number of ether oxygens (including phenoxy) is 2. The summed E-state index contributed by atoms with van der Waals surface area (Å²) in [5, 5.41) is 4.39. The number of hydrogen-bond acceptors (Lipinski definition) is 6. The third kappa shape index (κ3) is 5.47. The quantitative estimate of drug-likeness (QED) is 0.103. The number of para-hydroxylation sites is 2. The van der Waals surface area contributed by atoms with Gasteiger partial charge in [-0.25, -0.2) is 19.6 Å². The first kappa shape index (κ1) is 29.6. The second-order valence-corrected chi connectivity index (χ2v) is 12.0. The van der Waals surface area contributed by atoms with Gasteiger partial charge in [-0.1, -0.05) is 59.6 Å². The Kier molecular flexibility index (Phi) is 7.44. The Morgan fingerprint density at radius 2 is 0.812 bits per heavy atom. The van der Waals surface area contributed by atoms with Gasteiger partial charge in [0.1, 0.15) is 11.5 Å². The van der Waals surface area contributed by atoms with Crippen molar-refractivity contribution in [1.29, 1.82) is 0 Å². The molecular formula is C40H22Cl2N2O4. The molecule has 0 radical (unpaired) electrons. The predicted octanol–water partition coefficient (Wildman–Crippen LogP) is 10.5. The minimum atomic E-state index is -0.506. The minimum absolute atomic E-state index is 0.362. The van der Waals surface area contributed by atoms with Crippen LogP contribution in [0.5, 0.6) is 11.5 Å². The second-order valence-electron chi connectivity index (χ2n) is 11.2. The maximum Gasteiger partial charge on any atom is 0.343 e. The molecule has 0 amide bonds. The molecule has 0 fully saturated rings. The number of benzene rings is 6. The molecule has 0 bridgehead atoms. The highest BCUT2D eigenvalue weighted by molar-refractivity contribution is 6.31. The highest BCUT2D eigenvalue weighted by atomic mass is 35.5. The van der Waals surface area contributed by atoms with Crippen LogP contribution in [0.1, 0.15) is 20.7 Å². The van der Waals surface area contributed by atoms with Crippen LogP contribution in [0, 0.1) is 0 Å². The number of pyridine rings is 2. The summed E-state index contributed by atoms with van der Waals surface area (Å²) in [5.74, 6) is -0.288. The van der Waals surface area contributed by atoms with Crippen molar-refractivity contribution in [1.82, 2.24) is 9.97 Å². The van der Waals surface area contributed by atoms with E-state index in [1.54, 1.807) is 60.7 Å². The van der Waals surface area contributed by atoms with Crippen LogP contribution < -0.4 is 9.47 Å². The van der Waals surface area contributed by atoms with Gasteiger partial charge < -0.3 is 9.47 Å². The van der Waals surface area contributed by atoms with Gasteiger partial charge >= 0.3 is 11.9 Å². The standard InChI is InChI=1S/C40H22Cl2N2O4/c41-25-13-9-23(10-14-25)39(45)47-27-17-19-35-31(21-27)37(29-5-1-3-7-33(29)43-35)38-30-6-2-4-8-34(30)44-36-20-18-28(22-32(36)38)48-40(46)24-11-15-26(42)16-12-24/h1-22H. The lowest BCUT2D eigenvalue weighted by Gasteiger charge is -2.17. The van der Waals surface area contributed by atoms with Gasteiger partial charge in [-0.2, -0.15) is 0 Å². The lowest BCUT2D eigenvalue weighted by Crippen LogP contribution is -2.08. The molecule has 0 saturated carbocycles. The molecule has 0 aliphatic heterocycles. The summed E-state index contributed by atoms with van der Waals surface area (Å²) in [6.45, 7) is 0. The van der Waals surface area contributed by atoms with Crippen LogP contribution >= 0.6 is 23.2 Å². The molecule has 0 atom stereocenters. The van der Waals surface area contributed by atoms with Gasteiger partial charge in [-0.05, 0) is 97.1 Å². The normalized spacial score (nSPS) is 11.3. The summed E-state index contributed by atoms with van der Waals surface area (Å²) in [6.07, 6.45) is 0. The number of nitrogens with zero attached hydrogens (tertiary/aromatic N) is 2. The topological polar surface area (TPSA) is 78.4 Å². The van der Waals surface area contributed by atoms with E-state index in [0.717, 1.165) is 43.7 Å². The molecule has 0 N–H and O–H groups in total. The summed E-state index contributed by atoms with van der Waals surface area (Å²) >= 11 is 12.0. The summed E-state index contributed by atoms with van der Waals surface area (Å²) in [6, 6.07) is 39.7. The summed E-state index contributed by atoms with van der Waals surface area (Å²) in [4.78, 5) is 36.1. The summed E-state index contributed by atoms with van der Waals surface area (Å²) in [7, 11) is 0. The maximum absolute atomic E-state index is 13.1. The fourth-order valence-electron chi connectivity index (χ4n) is 5.91. The molecule has 2 aromatic heterocycles. The average Bonchev–Trinajstić information content (AvgIpc) is 3.10. The summed E-state index contributed by atoms with van der Waals surface area (Å²) < 4.78 is 11.7. The van der Waals surface area contributed by atoms with Gasteiger partial charge in [0.15, 0.2) is 0 Å². The molecule has 0 unspecified atom stereocenters. The Labute approximate surface area is 284 Å². The molecule has 8 heteroatoms. The van der Waals surface area contributed by atoms with Gasteiger partial charge in [0.05, 0.1) is 33.2 Å². The first-order valence-corrected chi connectivity index (χ1v) is 15.8. The second kappa shape index (κ2) is 12.1. The molecular weight excluding hydrogens is 643 g/mol. The van der Waals surface area contributed by atoms with E-state index in [1.807, 2.05) is 72.8 Å². The summed E-state index contributed by atoms with van der Waals surface area (Å²) in [5.41, 5.74) is 5.54.